The molecule has 0 aliphatic heterocycles. The lowest BCUT2D eigenvalue weighted by atomic mass is 10.0. The number of rotatable bonds is 12. The van der Waals surface area contributed by atoms with Crippen molar-refractivity contribution < 1.29 is 42.1 Å². The number of hydrazine groups is 1. The van der Waals surface area contributed by atoms with Gasteiger partial charge >= 0.3 is 12.1 Å². The highest BCUT2D eigenvalue weighted by molar-refractivity contribution is 5.91. The van der Waals surface area contributed by atoms with Gasteiger partial charge in [0.15, 0.2) is 11.5 Å². The zero-order chi connectivity index (χ0) is 35.4. The molecular formula is C34H38F3N5O6. The Morgan fingerprint density at radius 2 is 1.71 bits per heavy atom. The smallest absolute Gasteiger partial charge is 0.490 e. The lowest BCUT2D eigenvalue weighted by Gasteiger charge is -2.29. The Hall–Kier alpha value is -5.37. The first-order valence-corrected chi connectivity index (χ1v) is 15.0. The van der Waals surface area contributed by atoms with Crippen LogP contribution in [-0.2, 0) is 20.9 Å². The molecule has 3 aromatic carbocycles. The number of hydrogen-bond acceptors (Lipinski definition) is 8. The minimum absolute atomic E-state index is 0.0462. The van der Waals surface area contributed by atoms with Gasteiger partial charge in [-0.25, -0.2) is 10.6 Å². The number of anilines is 2. The van der Waals surface area contributed by atoms with Crippen LogP contribution in [0.2, 0.25) is 0 Å². The van der Waals surface area contributed by atoms with E-state index in [2.05, 4.69) is 15.6 Å². The molecular weight excluding hydrogens is 631 g/mol. The number of carboxylic acid groups (broad SMARTS) is 1. The molecule has 0 spiro atoms. The molecule has 1 unspecified atom stereocenters. The number of carbonyl (C=O) groups excluding carboxylic acids is 2. The Balaban J connectivity index is 0.000000804. The Kier molecular flexibility index (Phi) is 13.1. The highest BCUT2D eigenvalue weighted by Crippen LogP contribution is 2.35. The van der Waals surface area contributed by atoms with Crippen LogP contribution in [0, 0.1) is 0 Å². The van der Waals surface area contributed by atoms with Crippen LogP contribution in [0.15, 0.2) is 79.1 Å². The number of aromatic nitrogens is 1. The van der Waals surface area contributed by atoms with Crippen LogP contribution < -0.4 is 31.0 Å². The number of nitrogens with zero attached hydrogens (tertiary/aromatic N) is 2. The van der Waals surface area contributed by atoms with E-state index in [1.165, 1.54) is 5.01 Å². The van der Waals surface area contributed by atoms with Gasteiger partial charge in [-0.2, -0.15) is 13.2 Å². The molecule has 256 valence electrons. The molecule has 0 saturated heterocycles. The van der Waals surface area contributed by atoms with Gasteiger partial charge in [-0.15, -0.1) is 0 Å². The van der Waals surface area contributed by atoms with Crippen molar-refractivity contribution in [3.63, 3.8) is 0 Å². The van der Waals surface area contributed by atoms with E-state index in [4.69, 9.17) is 25.2 Å². The highest BCUT2D eigenvalue weighted by atomic mass is 19.4. The Morgan fingerprint density at radius 1 is 0.979 bits per heavy atom. The molecule has 1 atom stereocenters. The quantitative estimate of drug-likeness (QED) is 0.103. The van der Waals surface area contributed by atoms with E-state index in [1.807, 2.05) is 75.4 Å². The fourth-order valence-corrected chi connectivity index (χ4v) is 4.43. The van der Waals surface area contributed by atoms with Crippen molar-refractivity contribution in [1.29, 1.82) is 0 Å². The Morgan fingerprint density at radius 3 is 2.35 bits per heavy atom. The number of nitrogens with one attached hydrogen (secondary N) is 2. The Bertz CT molecular complexity index is 1720. The molecule has 2 amide bonds. The van der Waals surface area contributed by atoms with Crippen LogP contribution in [0.25, 0.3) is 10.8 Å². The number of fused-ring (bicyclic) bond motifs is 1. The fourth-order valence-electron chi connectivity index (χ4n) is 4.43. The maximum Gasteiger partial charge on any atom is 0.490 e. The summed E-state index contributed by atoms with van der Waals surface area (Å²) in [5.41, 5.74) is 2.81. The summed E-state index contributed by atoms with van der Waals surface area (Å²) in [4.78, 5) is 38.8. The van der Waals surface area contributed by atoms with Crippen molar-refractivity contribution in [2.24, 2.45) is 5.84 Å². The van der Waals surface area contributed by atoms with Gasteiger partial charge in [-0.05, 0) is 79.7 Å². The predicted octanol–water partition coefficient (Wildman–Crippen LogP) is 6.14. The van der Waals surface area contributed by atoms with Crippen molar-refractivity contribution in [1.82, 2.24) is 10.3 Å². The standard InChI is InChI=1S/C32H37N5O4.C2HF3O2/c1-5-30(38)36-26-9-7-8-22(16-26)19-35-32(39)31(24-11-13-28(41-21(3)4)29(18-24)40-6-2)37(33)27-12-10-25-20-34-15-14-23(25)17-27;3-2(4,5)1(6)7/h7-18,20-21,31H,5-6,19,33H2,1-4H3,(H,35,39)(H,36,38);(H,6,7). The molecule has 14 heteroatoms. The van der Waals surface area contributed by atoms with Gasteiger partial charge < -0.3 is 25.2 Å². The summed E-state index contributed by atoms with van der Waals surface area (Å²) in [5.74, 6) is 4.70. The van der Waals surface area contributed by atoms with Crippen molar-refractivity contribution >= 4 is 39.9 Å². The first-order chi connectivity index (χ1) is 22.7. The van der Waals surface area contributed by atoms with Crippen molar-refractivity contribution in [2.45, 2.75) is 59.0 Å². The van der Waals surface area contributed by atoms with Crippen LogP contribution >= 0.6 is 0 Å². The van der Waals surface area contributed by atoms with Crippen LogP contribution in [0.3, 0.4) is 0 Å². The minimum Gasteiger partial charge on any atom is -0.490 e. The molecule has 0 aliphatic rings. The topological polar surface area (TPSA) is 156 Å². The van der Waals surface area contributed by atoms with E-state index < -0.39 is 18.2 Å². The van der Waals surface area contributed by atoms with Gasteiger partial charge in [0.2, 0.25) is 11.8 Å². The fraction of sp³-hybridized carbons (Fsp3) is 0.294. The summed E-state index contributed by atoms with van der Waals surface area (Å²) in [5, 5.41) is 16.4. The lowest BCUT2D eigenvalue weighted by molar-refractivity contribution is -0.192. The van der Waals surface area contributed by atoms with E-state index in [-0.39, 0.29) is 24.5 Å². The van der Waals surface area contributed by atoms with E-state index in [0.717, 1.165) is 16.3 Å². The summed E-state index contributed by atoms with van der Waals surface area (Å²) in [6.07, 6.45) is -1.25. The number of carboxylic acids is 1. The highest BCUT2D eigenvalue weighted by Gasteiger charge is 2.38. The van der Waals surface area contributed by atoms with Gasteiger partial charge in [0.05, 0.1) is 18.4 Å². The third-order valence-electron chi connectivity index (χ3n) is 6.64. The summed E-state index contributed by atoms with van der Waals surface area (Å²) in [7, 11) is 0. The molecule has 0 bridgehead atoms. The van der Waals surface area contributed by atoms with Crippen LogP contribution in [0.1, 0.15) is 51.3 Å². The van der Waals surface area contributed by atoms with Gasteiger partial charge in [0, 0.05) is 36.4 Å². The molecule has 1 aromatic heterocycles. The molecule has 1 heterocycles. The maximum atomic E-state index is 13.9. The van der Waals surface area contributed by atoms with E-state index in [0.29, 0.717) is 41.5 Å². The first kappa shape index (κ1) is 37.1. The van der Waals surface area contributed by atoms with Crippen LogP contribution in [0.4, 0.5) is 24.5 Å². The number of nitrogens with two attached hydrogens (primary N) is 1. The Labute approximate surface area is 275 Å². The number of ether oxygens (including phenoxy) is 2. The summed E-state index contributed by atoms with van der Waals surface area (Å²) < 4.78 is 43.5. The maximum absolute atomic E-state index is 13.9. The molecule has 0 radical (unpaired) electrons. The largest absolute Gasteiger partial charge is 0.490 e. The number of aliphatic carboxylic acids is 1. The summed E-state index contributed by atoms with van der Waals surface area (Å²) >= 11 is 0. The second-order valence-electron chi connectivity index (χ2n) is 10.6. The first-order valence-electron chi connectivity index (χ1n) is 15.0. The predicted molar refractivity (Wildman–Crippen MR) is 175 cm³/mol. The third-order valence-corrected chi connectivity index (χ3v) is 6.64. The van der Waals surface area contributed by atoms with Crippen molar-refractivity contribution in [2.75, 3.05) is 16.9 Å². The molecule has 0 fully saturated rings. The molecule has 4 aromatic rings. The second kappa shape index (κ2) is 17.0. The van der Waals surface area contributed by atoms with Crippen LogP contribution in [-0.4, -0.2) is 46.8 Å². The minimum atomic E-state index is -5.08. The molecule has 4 rings (SSSR count). The van der Waals surface area contributed by atoms with E-state index in [1.54, 1.807) is 31.5 Å². The third kappa shape index (κ3) is 10.6. The summed E-state index contributed by atoms with van der Waals surface area (Å²) in [6, 6.07) is 19.6. The number of halogens is 3. The molecule has 0 aliphatic carbocycles. The zero-order valence-electron chi connectivity index (χ0n) is 26.9. The average molecular weight is 670 g/mol. The normalized spacial score (nSPS) is 11.6. The van der Waals surface area contributed by atoms with Gasteiger partial charge in [0.25, 0.3) is 0 Å². The second-order valence-corrected chi connectivity index (χ2v) is 10.6. The van der Waals surface area contributed by atoms with Crippen molar-refractivity contribution in [3.05, 3.63) is 90.3 Å². The number of pyridine rings is 1. The van der Waals surface area contributed by atoms with Gasteiger partial charge in [0.1, 0.15) is 6.04 Å². The number of alkyl halides is 3. The monoisotopic (exact) mass is 669 g/mol. The molecule has 5 N–H and O–H groups in total. The van der Waals surface area contributed by atoms with Gasteiger partial charge in [-0.3, -0.25) is 19.6 Å². The SMILES string of the molecule is CCOc1cc(C(C(=O)NCc2cccc(NC(=O)CC)c2)N(N)c2ccc3cnccc3c2)ccc1OC(C)C.O=C(O)C(F)(F)F. The van der Waals surface area contributed by atoms with Gasteiger partial charge in [-0.1, -0.05) is 31.2 Å². The van der Waals surface area contributed by atoms with Crippen LogP contribution in [0.5, 0.6) is 11.5 Å². The summed E-state index contributed by atoms with van der Waals surface area (Å²) in [6.45, 7) is 8.26. The van der Waals surface area contributed by atoms with E-state index in [9.17, 15) is 22.8 Å². The molecule has 0 saturated carbocycles. The lowest BCUT2D eigenvalue weighted by Crippen LogP contribution is -2.44. The molecule has 48 heavy (non-hydrogen) atoms. The number of benzene rings is 3. The number of carbonyl (C=O) groups is 3. The average Bonchev–Trinajstić information content (AvgIpc) is 3.04. The number of hydrogen-bond donors (Lipinski definition) is 4. The zero-order valence-corrected chi connectivity index (χ0v) is 26.9. The molecule has 11 nitrogen and oxygen atoms in total. The van der Waals surface area contributed by atoms with E-state index >= 15 is 0 Å². The van der Waals surface area contributed by atoms with Crippen molar-refractivity contribution in [3.8, 4) is 11.5 Å². The number of amides is 2.